The number of para-hydroxylation sites is 4. The van der Waals surface area contributed by atoms with E-state index in [1.54, 1.807) is 0 Å². The monoisotopic (exact) mass is 754 g/mol. The van der Waals surface area contributed by atoms with Gasteiger partial charge < -0.3 is 14.2 Å². The maximum Gasteiger partial charge on any atom is 0.160 e. The Morgan fingerprint density at radius 1 is 0.407 bits per heavy atom. The standard InChI is InChI=1S/C54H34N4O/c1-3-15-36(16-4-1)53-43-20-9-10-22-44(43)55-54(56-53)37-26-30-40(31-27-37)58-46-24-13-21-42(52(46)51-41-19-8-7-14-35(41)28-32-47(51)58)38-29-33-50-48(34-38)57(39-17-5-2-6-18-39)45-23-11-12-25-49(45)59-50/h1-34H. The van der Waals surface area contributed by atoms with Crippen LogP contribution in [0.25, 0.3) is 82.9 Å². The molecule has 0 atom stereocenters. The first-order valence-electron chi connectivity index (χ1n) is 19.9. The van der Waals surface area contributed by atoms with E-state index >= 15 is 0 Å². The number of rotatable bonds is 5. The fourth-order valence-corrected chi connectivity index (χ4v) is 8.91. The number of hydrogen-bond donors (Lipinski definition) is 0. The van der Waals surface area contributed by atoms with Gasteiger partial charge in [0.25, 0.3) is 0 Å². The predicted molar refractivity (Wildman–Crippen MR) is 242 cm³/mol. The molecule has 2 aromatic heterocycles. The highest BCUT2D eigenvalue weighted by Gasteiger charge is 2.27. The third-order valence-corrected chi connectivity index (χ3v) is 11.6. The van der Waals surface area contributed by atoms with Gasteiger partial charge in [-0.1, -0.05) is 127 Å². The van der Waals surface area contributed by atoms with Gasteiger partial charge in [-0.2, -0.15) is 0 Å². The quantitative estimate of drug-likeness (QED) is 0.175. The van der Waals surface area contributed by atoms with Crippen molar-refractivity contribution < 1.29 is 4.74 Å². The average molecular weight is 755 g/mol. The van der Waals surface area contributed by atoms with Crippen molar-refractivity contribution >= 4 is 60.5 Å². The zero-order valence-corrected chi connectivity index (χ0v) is 31.8. The van der Waals surface area contributed by atoms with Crippen LogP contribution in [0.3, 0.4) is 0 Å². The van der Waals surface area contributed by atoms with Gasteiger partial charge in [0.15, 0.2) is 17.3 Å². The van der Waals surface area contributed by atoms with Gasteiger partial charge in [0, 0.05) is 38.7 Å². The number of aromatic nitrogens is 3. The number of nitrogens with zero attached hydrogens (tertiary/aromatic N) is 4. The summed E-state index contributed by atoms with van der Waals surface area (Å²) in [7, 11) is 0. The maximum atomic E-state index is 6.53. The highest BCUT2D eigenvalue weighted by molar-refractivity contribution is 6.25. The van der Waals surface area contributed by atoms with Crippen molar-refractivity contribution in [2.75, 3.05) is 4.90 Å². The lowest BCUT2D eigenvalue weighted by Crippen LogP contribution is -2.15. The molecule has 1 aliphatic rings. The molecular weight excluding hydrogens is 721 g/mol. The van der Waals surface area contributed by atoms with Crippen LogP contribution in [0.1, 0.15) is 0 Å². The molecule has 12 rings (SSSR count). The first kappa shape index (κ1) is 33.2. The van der Waals surface area contributed by atoms with E-state index in [9.17, 15) is 0 Å². The molecule has 0 spiro atoms. The maximum absolute atomic E-state index is 6.53. The van der Waals surface area contributed by atoms with E-state index in [1.807, 2.05) is 30.3 Å². The topological polar surface area (TPSA) is 43.2 Å². The predicted octanol–water partition coefficient (Wildman–Crippen LogP) is 14.5. The minimum absolute atomic E-state index is 0.702. The Kier molecular flexibility index (Phi) is 7.47. The lowest BCUT2D eigenvalue weighted by Gasteiger charge is -2.33. The van der Waals surface area contributed by atoms with Crippen LogP contribution in [-0.4, -0.2) is 14.5 Å². The molecule has 3 heterocycles. The van der Waals surface area contributed by atoms with E-state index in [0.29, 0.717) is 5.82 Å². The highest BCUT2D eigenvalue weighted by atomic mass is 16.5. The van der Waals surface area contributed by atoms with E-state index in [0.717, 1.165) is 84.1 Å². The molecule has 276 valence electrons. The molecule has 0 saturated carbocycles. The van der Waals surface area contributed by atoms with Gasteiger partial charge >= 0.3 is 0 Å². The molecule has 0 saturated heterocycles. The zero-order valence-electron chi connectivity index (χ0n) is 31.8. The minimum atomic E-state index is 0.702. The fourth-order valence-electron chi connectivity index (χ4n) is 8.91. The fraction of sp³-hybridized carbons (Fsp3) is 0. The number of hydrogen-bond acceptors (Lipinski definition) is 4. The van der Waals surface area contributed by atoms with Crippen LogP contribution in [0, 0.1) is 0 Å². The molecule has 0 amide bonds. The SMILES string of the molecule is c1ccc(-c2nc(-c3ccc(-n4c5cccc(-c6ccc7c(c6)N(c6ccccc6)c6ccccc6O7)c5c5c6ccccc6ccc54)cc3)nc3ccccc23)cc1. The second kappa shape index (κ2) is 13.3. The smallest absolute Gasteiger partial charge is 0.160 e. The van der Waals surface area contributed by atoms with Gasteiger partial charge in [0.05, 0.1) is 33.6 Å². The molecule has 0 unspecified atom stereocenters. The van der Waals surface area contributed by atoms with Crippen molar-refractivity contribution in [2.45, 2.75) is 0 Å². The number of benzene rings is 9. The lowest BCUT2D eigenvalue weighted by molar-refractivity contribution is 0.477. The molecule has 0 bridgehead atoms. The van der Waals surface area contributed by atoms with Gasteiger partial charge in [-0.15, -0.1) is 0 Å². The van der Waals surface area contributed by atoms with Crippen molar-refractivity contribution in [3.8, 4) is 51.0 Å². The normalized spacial score (nSPS) is 12.2. The van der Waals surface area contributed by atoms with Crippen LogP contribution >= 0.6 is 0 Å². The third kappa shape index (κ3) is 5.33. The summed E-state index contributed by atoms with van der Waals surface area (Å²) >= 11 is 0. The average Bonchev–Trinajstić information content (AvgIpc) is 3.66. The Hall–Kier alpha value is -8.02. The summed E-state index contributed by atoms with van der Waals surface area (Å²) in [6.45, 7) is 0. The van der Waals surface area contributed by atoms with Crippen molar-refractivity contribution in [3.05, 3.63) is 206 Å². The summed E-state index contributed by atoms with van der Waals surface area (Å²) in [5, 5.41) is 5.89. The molecule has 5 heteroatoms. The summed E-state index contributed by atoms with van der Waals surface area (Å²) in [5.41, 5.74) is 12.6. The van der Waals surface area contributed by atoms with Crippen LogP contribution < -0.4 is 9.64 Å². The van der Waals surface area contributed by atoms with E-state index in [2.05, 4.69) is 185 Å². The molecule has 0 radical (unpaired) electrons. The molecule has 59 heavy (non-hydrogen) atoms. The number of ether oxygens (including phenoxy) is 1. The van der Waals surface area contributed by atoms with Crippen LogP contribution in [-0.2, 0) is 0 Å². The summed E-state index contributed by atoms with van der Waals surface area (Å²) in [4.78, 5) is 12.5. The van der Waals surface area contributed by atoms with E-state index in [4.69, 9.17) is 14.7 Å². The van der Waals surface area contributed by atoms with Gasteiger partial charge in [0.2, 0.25) is 0 Å². The van der Waals surface area contributed by atoms with Crippen molar-refractivity contribution in [2.24, 2.45) is 0 Å². The second-order valence-electron chi connectivity index (χ2n) is 15.0. The van der Waals surface area contributed by atoms with Gasteiger partial charge in [-0.05, 0) is 101 Å². The Morgan fingerprint density at radius 3 is 1.97 bits per heavy atom. The first-order valence-corrected chi connectivity index (χ1v) is 19.9. The molecule has 9 aromatic carbocycles. The molecule has 0 fully saturated rings. The number of fused-ring (bicyclic) bond motifs is 8. The molecule has 1 aliphatic heterocycles. The Balaban J connectivity index is 1.04. The molecule has 0 N–H and O–H groups in total. The van der Waals surface area contributed by atoms with Gasteiger partial charge in [-0.3, -0.25) is 0 Å². The molecule has 11 aromatic rings. The lowest BCUT2D eigenvalue weighted by atomic mass is 9.96. The summed E-state index contributed by atoms with van der Waals surface area (Å²) in [6, 6.07) is 72.6. The largest absolute Gasteiger partial charge is 0.453 e. The van der Waals surface area contributed by atoms with Crippen LogP contribution in [0.4, 0.5) is 17.1 Å². The Morgan fingerprint density at radius 2 is 1.10 bits per heavy atom. The summed E-state index contributed by atoms with van der Waals surface area (Å²) in [5.74, 6) is 2.36. The summed E-state index contributed by atoms with van der Waals surface area (Å²) in [6.07, 6.45) is 0. The van der Waals surface area contributed by atoms with Crippen LogP contribution in [0.2, 0.25) is 0 Å². The first-order chi connectivity index (χ1) is 29.3. The minimum Gasteiger partial charge on any atom is -0.453 e. The molecule has 5 nitrogen and oxygen atoms in total. The van der Waals surface area contributed by atoms with Crippen LogP contribution in [0.15, 0.2) is 206 Å². The van der Waals surface area contributed by atoms with Crippen molar-refractivity contribution in [3.63, 3.8) is 0 Å². The zero-order chi connectivity index (χ0) is 38.9. The second-order valence-corrected chi connectivity index (χ2v) is 15.0. The van der Waals surface area contributed by atoms with Gasteiger partial charge in [-0.25, -0.2) is 9.97 Å². The molecule has 0 aliphatic carbocycles. The van der Waals surface area contributed by atoms with E-state index < -0.39 is 0 Å². The Labute approximate surface area is 340 Å². The Bertz CT molecular complexity index is 3410. The molecular formula is C54H34N4O. The highest BCUT2D eigenvalue weighted by Crippen LogP contribution is 2.52. The summed E-state index contributed by atoms with van der Waals surface area (Å²) < 4.78 is 8.93. The van der Waals surface area contributed by atoms with Crippen LogP contribution in [0.5, 0.6) is 11.5 Å². The van der Waals surface area contributed by atoms with E-state index in [1.165, 1.54) is 21.5 Å². The number of anilines is 3. The third-order valence-electron chi connectivity index (χ3n) is 11.6. The van der Waals surface area contributed by atoms with Gasteiger partial charge in [0.1, 0.15) is 0 Å². The van der Waals surface area contributed by atoms with Crippen molar-refractivity contribution in [1.29, 1.82) is 0 Å². The van der Waals surface area contributed by atoms with E-state index in [-0.39, 0.29) is 0 Å². The van der Waals surface area contributed by atoms with Crippen molar-refractivity contribution in [1.82, 2.24) is 14.5 Å².